The van der Waals surface area contributed by atoms with Gasteiger partial charge in [0.1, 0.15) is 5.75 Å². The first kappa shape index (κ1) is 9.40. The van der Waals surface area contributed by atoms with Crippen molar-refractivity contribution in [3.63, 3.8) is 0 Å². The Bertz CT molecular complexity index is 478. The van der Waals surface area contributed by atoms with E-state index in [1.807, 2.05) is 0 Å². The van der Waals surface area contributed by atoms with Gasteiger partial charge in [-0.15, -0.1) is 0 Å². The lowest BCUT2D eigenvalue weighted by atomic mass is 10.1. The second-order valence-corrected chi connectivity index (χ2v) is 3.22. The molecule has 3 nitrogen and oxygen atoms in total. The van der Waals surface area contributed by atoms with Crippen LogP contribution in [0.3, 0.4) is 0 Å². The molecule has 0 aliphatic heterocycles. The molecule has 1 N–H and O–H groups in total. The van der Waals surface area contributed by atoms with Crippen LogP contribution >= 0.6 is 0 Å². The second kappa shape index (κ2) is 3.53. The van der Waals surface area contributed by atoms with E-state index >= 15 is 0 Å². The highest BCUT2D eigenvalue weighted by Crippen LogP contribution is 2.16. The fraction of sp³-hybridized carbons (Fsp3) is 0. The largest absolute Gasteiger partial charge is 0.508 e. The van der Waals surface area contributed by atoms with Crippen LogP contribution in [0.15, 0.2) is 42.0 Å². The molecule has 3 heteroatoms. The van der Waals surface area contributed by atoms with Crippen molar-refractivity contribution in [3.05, 3.63) is 47.6 Å². The smallest absolute Gasteiger partial charge is 0.232 e. The predicted molar refractivity (Wildman–Crippen MR) is 55.2 cm³/mol. The number of benzene rings is 1. The third-order valence-corrected chi connectivity index (χ3v) is 2.12. The average Bonchev–Trinajstić information content (AvgIpc) is 2.53. The highest BCUT2D eigenvalue weighted by Gasteiger charge is 2.20. The van der Waals surface area contributed by atoms with Crippen molar-refractivity contribution in [3.8, 4) is 5.75 Å². The molecule has 74 valence electrons. The van der Waals surface area contributed by atoms with Crippen molar-refractivity contribution < 1.29 is 14.7 Å². The summed E-state index contributed by atoms with van der Waals surface area (Å²) in [5.41, 5.74) is 1.15. The summed E-state index contributed by atoms with van der Waals surface area (Å²) in [7, 11) is 0. The molecule has 0 heterocycles. The van der Waals surface area contributed by atoms with Gasteiger partial charge in [-0.1, -0.05) is 12.1 Å². The van der Waals surface area contributed by atoms with Crippen molar-refractivity contribution in [2.24, 2.45) is 0 Å². The van der Waals surface area contributed by atoms with Crippen molar-refractivity contribution in [1.82, 2.24) is 0 Å². The average molecular weight is 200 g/mol. The van der Waals surface area contributed by atoms with E-state index in [4.69, 9.17) is 5.11 Å². The Kier molecular flexibility index (Phi) is 2.21. The Morgan fingerprint density at radius 3 is 2.20 bits per heavy atom. The van der Waals surface area contributed by atoms with Crippen LogP contribution in [0.5, 0.6) is 5.75 Å². The molecule has 0 spiro atoms. The minimum Gasteiger partial charge on any atom is -0.508 e. The van der Waals surface area contributed by atoms with Gasteiger partial charge in [0.25, 0.3) is 0 Å². The lowest BCUT2D eigenvalue weighted by molar-refractivity contribution is -0.130. The maximum Gasteiger partial charge on any atom is 0.232 e. The van der Waals surface area contributed by atoms with Gasteiger partial charge in [-0.25, -0.2) is 0 Å². The number of ketones is 2. The number of rotatable bonds is 1. The first-order valence-corrected chi connectivity index (χ1v) is 4.44. The molecular weight excluding hydrogens is 192 g/mol. The third-order valence-electron chi connectivity index (χ3n) is 2.12. The van der Waals surface area contributed by atoms with Crippen LogP contribution in [0.25, 0.3) is 6.08 Å². The molecule has 0 radical (unpaired) electrons. The molecule has 2 rings (SSSR count). The molecule has 1 aromatic carbocycles. The van der Waals surface area contributed by atoms with Crippen molar-refractivity contribution in [2.45, 2.75) is 0 Å². The van der Waals surface area contributed by atoms with E-state index in [-0.39, 0.29) is 5.75 Å². The molecule has 0 saturated carbocycles. The molecule has 0 atom stereocenters. The highest BCUT2D eigenvalue weighted by atomic mass is 16.3. The molecule has 0 unspecified atom stereocenters. The minimum atomic E-state index is -0.486. The monoisotopic (exact) mass is 200 g/mol. The standard InChI is InChI=1S/C12H8O3/c13-10-4-1-8(2-5-10)7-9-3-6-11(14)12(9)15/h1-7,13H. The van der Waals surface area contributed by atoms with Crippen LogP contribution in [0.2, 0.25) is 0 Å². The van der Waals surface area contributed by atoms with E-state index < -0.39 is 11.6 Å². The summed E-state index contributed by atoms with van der Waals surface area (Å²) in [5, 5.41) is 9.06. The number of allylic oxidation sites excluding steroid dienone is 3. The zero-order valence-electron chi connectivity index (χ0n) is 7.81. The maximum atomic E-state index is 11.2. The number of phenolic OH excluding ortho intramolecular Hbond substituents is 1. The van der Waals surface area contributed by atoms with E-state index in [9.17, 15) is 9.59 Å². The Balaban J connectivity index is 2.32. The molecule has 0 amide bonds. The lowest BCUT2D eigenvalue weighted by Crippen LogP contribution is -2.05. The van der Waals surface area contributed by atoms with Gasteiger partial charge in [0.15, 0.2) is 0 Å². The summed E-state index contributed by atoms with van der Waals surface area (Å²) in [6.07, 6.45) is 4.37. The van der Waals surface area contributed by atoms with Crippen molar-refractivity contribution >= 4 is 17.6 Å². The number of hydrogen-bond donors (Lipinski definition) is 1. The van der Waals surface area contributed by atoms with E-state index in [1.54, 1.807) is 18.2 Å². The first-order valence-electron chi connectivity index (χ1n) is 4.44. The van der Waals surface area contributed by atoms with Crippen LogP contribution in [0.4, 0.5) is 0 Å². The van der Waals surface area contributed by atoms with Gasteiger partial charge < -0.3 is 5.11 Å². The molecule has 0 aromatic heterocycles. The minimum absolute atomic E-state index is 0.168. The van der Waals surface area contributed by atoms with Gasteiger partial charge in [-0.3, -0.25) is 9.59 Å². The van der Waals surface area contributed by atoms with Crippen LogP contribution in [0, 0.1) is 0 Å². The molecule has 15 heavy (non-hydrogen) atoms. The second-order valence-electron chi connectivity index (χ2n) is 3.22. The first-order chi connectivity index (χ1) is 7.16. The summed E-state index contributed by atoms with van der Waals surface area (Å²) >= 11 is 0. The molecule has 1 aliphatic carbocycles. The van der Waals surface area contributed by atoms with Gasteiger partial charge in [0.05, 0.1) is 0 Å². The van der Waals surface area contributed by atoms with Crippen molar-refractivity contribution in [1.29, 1.82) is 0 Å². The van der Waals surface area contributed by atoms with E-state index in [0.717, 1.165) is 5.56 Å². The van der Waals surface area contributed by atoms with Crippen LogP contribution in [-0.2, 0) is 9.59 Å². The van der Waals surface area contributed by atoms with E-state index in [2.05, 4.69) is 0 Å². The van der Waals surface area contributed by atoms with E-state index in [1.165, 1.54) is 24.3 Å². The summed E-state index contributed by atoms with van der Waals surface area (Å²) in [6, 6.07) is 6.40. The maximum absolute atomic E-state index is 11.2. The van der Waals surface area contributed by atoms with Gasteiger partial charge >= 0.3 is 0 Å². The number of hydrogen-bond acceptors (Lipinski definition) is 3. The van der Waals surface area contributed by atoms with Crippen molar-refractivity contribution in [2.75, 3.05) is 0 Å². The van der Waals surface area contributed by atoms with Crippen LogP contribution in [-0.4, -0.2) is 16.7 Å². The Morgan fingerprint density at radius 2 is 1.67 bits per heavy atom. The molecule has 1 aliphatic rings. The molecule has 0 saturated heterocycles. The lowest BCUT2D eigenvalue weighted by Gasteiger charge is -1.95. The van der Waals surface area contributed by atoms with Gasteiger partial charge in [0, 0.05) is 5.57 Å². The fourth-order valence-electron chi connectivity index (χ4n) is 1.32. The zero-order valence-corrected chi connectivity index (χ0v) is 7.81. The number of carbonyl (C=O) groups is 2. The molecular formula is C12H8O3. The highest BCUT2D eigenvalue weighted by molar-refractivity contribution is 6.51. The topological polar surface area (TPSA) is 54.4 Å². The van der Waals surface area contributed by atoms with Crippen LogP contribution in [0.1, 0.15) is 5.56 Å². The summed E-state index contributed by atoms with van der Waals surface area (Å²) in [4.78, 5) is 22.2. The third kappa shape index (κ3) is 1.86. The molecule has 0 bridgehead atoms. The Hall–Kier alpha value is -2.16. The Labute approximate surface area is 86.4 Å². The number of carbonyl (C=O) groups excluding carboxylic acids is 2. The van der Waals surface area contributed by atoms with Gasteiger partial charge in [0.2, 0.25) is 11.6 Å². The molecule has 1 aromatic rings. The quantitative estimate of drug-likeness (QED) is 0.552. The van der Waals surface area contributed by atoms with E-state index in [0.29, 0.717) is 5.57 Å². The molecule has 0 fully saturated rings. The normalized spacial score (nSPS) is 17.7. The van der Waals surface area contributed by atoms with Crippen LogP contribution < -0.4 is 0 Å². The number of Topliss-reactive ketones (excluding diaryl/α,β-unsaturated/α-hetero) is 1. The zero-order chi connectivity index (χ0) is 10.8. The SMILES string of the molecule is O=C1C=CC(=Cc2ccc(O)cc2)C1=O. The fourth-order valence-corrected chi connectivity index (χ4v) is 1.32. The number of phenols is 1. The summed E-state index contributed by atoms with van der Waals surface area (Å²) in [5.74, 6) is -0.801. The predicted octanol–water partition coefficient (Wildman–Crippen LogP) is 1.48. The number of aromatic hydroxyl groups is 1. The Morgan fingerprint density at radius 1 is 1.00 bits per heavy atom. The van der Waals surface area contributed by atoms with Gasteiger partial charge in [-0.2, -0.15) is 0 Å². The summed E-state index contributed by atoms with van der Waals surface area (Å²) in [6.45, 7) is 0. The summed E-state index contributed by atoms with van der Waals surface area (Å²) < 4.78 is 0. The van der Waals surface area contributed by atoms with Gasteiger partial charge in [-0.05, 0) is 35.9 Å².